The van der Waals surface area contributed by atoms with Gasteiger partial charge in [0.05, 0.1) is 0 Å². The summed E-state index contributed by atoms with van der Waals surface area (Å²) < 4.78 is 16.9. The van der Waals surface area contributed by atoms with E-state index in [1.165, 1.54) is 218 Å². The summed E-state index contributed by atoms with van der Waals surface area (Å²) in [5.41, 5.74) is 0. The maximum Gasteiger partial charge on any atom is 0.306 e. The quantitative estimate of drug-likeness (QED) is 0.0261. The lowest BCUT2D eigenvalue weighted by atomic mass is 10.0. The van der Waals surface area contributed by atoms with Gasteiger partial charge in [-0.2, -0.15) is 0 Å². The summed E-state index contributed by atoms with van der Waals surface area (Å²) in [7, 11) is 0. The molecule has 0 fully saturated rings. The largest absolute Gasteiger partial charge is 0.462 e. The van der Waals surface area contributed by atoms with Crippen LogP contribution in [0.25, 0.3) is 0 Å². The summed E-state index contributed by atoms with van der Waals surface area (Å²) in [6.45, 7) is 6.63. The van der Waals surface area contributed by atoms with Gasteiger partial charge in [-0.1, -0.05) is 275 Å². The van der Waals surface area contributed by atoms with Crippen LogP contribution in [0.5, 0.6) is 0 Å². The molecule has 0 bridgehead atoms. The molecule has 0 N–H and O–H groups in total. The van der Waals surface area contributed by atoms with Gasteiger partial charge in [0.25, 0.3) is 0 Å². The minimum absolute atomic E-state index is 0.0725. The van der Waals surface area contributed by atoms with Gasteiger partial charge in [0, 0.05) is 19.3 Å². The number of hydrogen-bond acceptors (Lipinski definition) is 6. The van der Waals surface area contributed by atoms with Crippen molar-refractivity contribution in [2.45, 2.75) is 335 Å². The fourth-order valence-corrected chi connectivity index (χ4v) is 9.09. The van der Waals surface area contributed by atoms with Gasteiger partial charge >= 0.3 is 17.9 Å². The second-order valence-corrected chi connectivity index (χ2v) is 21.0. The molecule has 71 heavy (non-hydrogen) atoms. The van der Waals surface area contributed by atoms with Crippen molar-refractivity contribution in [3.8, 4) is 0 Å². The molecule has 0 amide bonds. The lowest BCUT2D eigenvalue weighted by Crippen LogP contribution is -2.30. The Hall–Kier alpha value is -2.63. The lowest BCUT2D eigenvalue weighted by molar-refractivity contribution is -0.167. The Morgan fingerprint density at radius 2 is 0.507 bits per heavy atom. The first-order valence-corrected chi connectivity index (χ1v) is 31.1. The van der Waals surface area contributed by atoms with Crippen LogP contribution in [0, 0.1) is 0 Å². The highest BCUT2D eigenvalue weighted by Crippen LogP contribution is 2.17. The van der Waals surface area contributed by atoms with Crippen LogP contribution < -0.4 is 0 Å². The summed E-state index contributed by atoms with van der Waals surface area (Å²) in [6, 6.07) is 0. The predicted octanol–water partition coefficient (Wildman–Crippen LogP) is 21.0. The Balaban J connectivity index is 4.35. The Bertz CT molecular complexity index is 1230. The van der Waals surface area contributed by atoms with Gasteiger partial charge in [-0.3, -0.25) is 14.4 Å². The third-order valence-corrected chi connectivity index (χ3v) is 13.8. The van der Waals surface area contributed by atoms with Crippen LogP contribution in [0.4, 0.5) is 0 Å². The van der Waals surface area contributed by atoms with E-state index in [1.807, 2.05) is 0 Å². The van der Waals surface area contributed by atoms with E-state index in [4.69, 9.17) is 14.2 Å². The Morgan fingerprint density at radius 1 is 0.282 bits per heavy atom. The zero-order valence-corrected chi connectivity index (χ0v) is 47.5. The highest BCUT2D eigenvalue weighted by molar-refractivity contribution is 5.71. The maximum absolute atomic E-state index is 12.9. The molecule has 0 aliphatic heterocycles. The van der Waals surface area contributed by atoms with Crippen LogP contribution in [0.1, 0.15) is 329 Å². The van der Waals surface area contributed by atoms with Crippen LogP contribution in [0.3, 0.4) is 0 Å². The third-order valence-electron chi connectivity index (χ3n) is 13.8. The van der Waals surface area contributed by atoms with E-state index in [9.17, 15) is 14.4 Å². The van der Waals surface area contributed by atoms with Crippen molar-refractivity contribution in [3.05, 3.63) is 48.6 Å². The van der Waals surface area contributed by atoms with E-state index in [-0.39, 0.29) is 31.1 Å². The lowest BCUT2D eigenvalue weighted by Gasteiger charge is -2.18. The van der Waals surface area contributed by atoms with E-state index in [0.717, 1.165) is 70.6 Å². The summed E-state index contributed by atoms with van der Waals surface area (Å²) in [6.07, 6.45) is 73.8. The molecule has 0 aliphatic carbocycles. The molecule has 0 unspecified atom stereocenters. The summed E-state index contributed by atoms with van der Waals surface area (Å²) in [5, 5.41) is 0. The minimum atomic E-state index is -0.776. The SMILES string of the molecule is CCCCC/C=C\C/C=C\CCCCCCCCCCCC(=O)OC[C@H](COC(=O)CCCCCCCCCCCCCCCCC)OC(=O)CCCCCCCCCCC/C=C\C/C=C\CCCCC. The normalized spacial score (nSPS) is 12.3. The molecule has 0 aliphatic rings. The fourth-order valence-electron chi connectivity index (χ4n) is 9.09. The van der Waals surface area contributed by atoms with E-state index in [2.05, 4.69) is 69.4 Å². The monoisotopic (exact) mass is 995 g/mol. The Kier molecular flexibility index (Phi) is 57.7. The molecule has 6 nitrogen and oxygen atoms in total. The summed E-state index contributed by atoms with van der Waals surface area (Å²) in [5.74, 6) is -0.861. The molecule has 6 heteroatoms. The van der Waals surface area contributed by atoms with Crippen LogP contribution in [0.2, 0.25) is 0 Å². The highest BCUT2D eigenvalue weighted by atomic mass is 16.6. The zero-order chi connectivity index (χ0) is 51.4. The Morgan fingerprint density at radius 3 is 0.803 bits per heavy atom. The van der Waals surface area contributed by atoms with Gasteiger partial charge in [0.2, 0.25) is 0 Å². The van der Waals surface area contributed by atoms with Gasteiger partial charge in [-0.05, 0) is 83.5 Å². The topological polar surface area (TPSA) is 78.9 Å². The number of carbonyl (C=O) groups is 3. The average Bonchev–Trinajstić information content (AvgIpc) is 3.37. The molecule has 0 saturated carbocycles. The second-order valence-electron chi connectivity index (χ2n) is 21.0. The van der Waals surface area contributed by atoms with Crippen LogP contribution in [-0.2, 0) is 28.6 Å². The molecule has 414 valence electrons. The van der Waals surface area contributed by atoms with Crippen molar-refractivity contribution in [2.75, 3.05) is 13.2 Å². The van der Waals surface area contributed by atoms with Crippen molar-refractivity contribution in [2.24, 2.45) is 0 Å². The molecule has 0 rings (SSSR count). The van der Waals surface area contributed by atoms with E-state index >= 15 is 0 Å². The first-order valence-electron chi connectivity index (χ1n) is 31.1. The molecule has 1 atom stereocenters. The van der Waals surface area contributed by atoms with Crippen LogP contribution in [0.15, 0.2) is 48.6 Å². The van der Waals surface area contributed by atoms with Gasteiger partial charge in [-0.15, -0.1) is 0 Å². The number of esters is 3. The maximum atomic E-state index is 12.9. The number of hydrogen-bond donors (Lipinski definition) is 0. The molecule has 0 saturated heterocycles. The molecule has 0 radical (unpaired) electrons. The average molecular weight is 996 g/mol. The van der Waals surface area contributed by atoms with Crippen molar-refractivity contribution >= 4 is 17.9 Å². The van der Waals surface area contributed by atoms with Gasteiger partial charge in [-0.25, -0.2) is 0 Å². The molecular weight excluding hydrogens is 877 g/mol. The smallest absolute Gasteiger partial charge is 0.306 e. The predicted molar refractivity (Wildman–Crippen MR) is 307 cm³/mol. The minimum Gasteiger partial charge on any atom is -0.462 e. The second kappa shape index (κ2) is 59.9. The number of ether oxygens (including phenoxy) is 3. The summed E-state index contributed by atoms with van der Waals surface area (Å²) in [4.78, 5) is 38.3. The molecule has 0 spiro atoms. The van der Waals surface area contributed by atoms with E-state index in [0.29, 0.717) is 19.3 Å². The fraction of sp³-hybridized carbons (Fsp3) is 0.831. The van der Waals surface area contributed by atoms with Crippen LogP contribution >= 0.6 is 0 Å². The van der Waals surface area contributed by atoms with Crippen molar-refractivity contribution in [3.63, 3.8) is 0 Å². The van der Waals surface area contributed by atoms with Crippen molar-refractivity contribution < 1.29 is 28.6 Å². The molecular formula is C65H118O6. The number of rotatable bonds is 57. The first kappa shape index (κ1) is 68.4. The van der Waals surface area contributed by atoms with E-state index in [1.54, 1.807) is 0 Å². The number of allylic oxidation sites excluding steroid dienone is 8. The zero-order valence-electron chi connectivity index (χ0n) is 47.5. The third kappa shape index (κ3) is 58.1. The van der Waals surface area contributed by atoms with Crippen molar-refractivity contribution in [1.29, 1.82) is 0 Å². The molecule has 0 heterocycles. The van der Waals surface area contributed by atoms with Crippen molar-refractivity contribution in [1.82, 2.24) is 0 Å². The van der Waals surface area contributed by atoms with E-state index < -0.39 is 6.10 Å². The van der Waals surface area contributed by atoms with Gasteiger partial charge in [0.1, 0.15) is 13.2 Å². The molecule has 0 aromatic rings. The Labute approximate surface area is 441 Å². The first-order chi connectivity index (χ1) is 35.0. The van der Waals surface area contributed by atoms with Crippen LogP contribution in [-0.4, -0.2) is 37.2 Å². The highest BCUT2D eigenvalue weighted by Gasteiger charge is 2.19. The number of carbonyl (C=O) groups excluding carboxylic acids is 3. The van der Waals surface area contributed by atoms with Gasteiger partial charge < -0.3 is 14.2 Å². The van der Waals surface area contributed by atoms with Gasteiger partial charge in [0.15, 0.2) is 6.10 Å². The molecule has 0 aromatic carbocycles. The number of unbranched alkanes of at least 4 members (excludes halogenated alkanes) is 38. The molecule has 0 aromatic heterocycles. The summed E-state index contributed by atoms with van der Waals surface area (Å²) >= 11 is 0. The standard InChI is InChI=1S/C65H118O6/c1-4-7-10-13-16-19-22-25-28-30-32-34-37-40-43-46-49-52-55-58-64(67)70-61-62(60-69-63(66)57-54-51-48-45-42-39-36-27-24-21-18-15-12-9-6-3)71-65(68)59-56-53-50-47-44-41-38-35-33-31-29-26-23-20-17-14-11-8-5-2/h16-17,19-20,25-26,28-29,62H,4-15,18,21-24,27,30-61H2,1-3H3/b19-16-,20-17-,28-25-,29-26-/t62-/m0/s1.